The molecule has 6 heteroatoms. The molecule has 0 radical (unpaired) electrons. The molecule has 1 N–H and O–H groups in total. The van der Waals surface area contributed by atoms with Crippen molar-refractivity contribution < 1.29 is 4.79 Å². The molecule has 118 valence electrons. The summed E-state index contributed by atoms with van der Waals surface area (Å²) in [6.45, 7) is 5.25. The summed E-state index contributed by atoms with van der Waals surface area (Å²) in [4.78, 5) is 21.2. The number of aromatic nitrogens is 4. The lowest BCUT2D eigenvalue weighted by molar-refractivity contribution is 0.0952. The molecule has 6 nitrogen and oxygen atoms in total. The van der Waals surface area contributed by atoms with Crippen LogP contribution in [0.15, 0.2) is 36.7 Å². The molecule has 0 saturated heterocycles. The number of hydrogen-bond donors (Lipinski definition) is 1. The number of nitrogens with zero attached hydrogens (tertiary/aromatic N) is 4. The summed E-state index contributed by atoms with van der Waals surface area (Å²) in [7, 11) is 0. The zero-order valence-corrected chi connectivity index (χ0v) is 13.3. The Labute approximate surface area is 134 Å². The molecule has 0 saturated carbocycles. The predicted octanol–water partition coefficient (Wildman–Crippen LogP) is 2.26. The highest BCUT2D eigenvalue weighted by Gasteiger charge is 2.08. The Morgan fingerprint density at radius 1 is 1.17 bits per heavy atom. The molecule has 0 spiro atoms. The van der Waals surface area contributed by atoms with Crippen molar-refractivity contribution in [3.8, 4) is 0 Å². The SMILES string of the molecule is Cc1nc2ccc(C(=O)NCCCn3cccn3)cc2nc1C. The number of aryl methyl sites for hydroxylation is 3. The second kappa shape index (κ2) is 6.56. The minimum absolute atomic E-state index is 0.0904. The smallest absolute Gasteiger partial charge is 0.251 e. The standard InChI is InChI=1S/C17H19N5O/c1-12-13(2)21-16-11-14(5-6-15(16)20-12)17(23)18-7-3-9-22-10-4-8-19-22/h4-6,8,10-11H,3,7,9H2,1-2H3,(H,18,23). The zero-order valence-electron chi connectivity index (χ0n) is 13.3. The highest BCUT2D eigenvalue weighted by Crippen LogP contribution is 2.14. The largest absolute Gasteiger partial charge is 0.352 e. The second-order valence-electron chi connectivity index (χ2n) is 5.48. The first-order valence-electron chi connectivity index (χ1n) is 7.64. The first kappa shape index (κ1) is 15.1. The summed E-state index contributed by atoms with van der Waals surface area (Å²) < 4.78 is 1.85. The van der Waals surface area contributed by atoms with E-state index in [-0.39, 0.29) is 5.91 Å². The van der Waals surface area contributed by atoms with E-state index in [1.807, 2.05) is 36.9 Å². The highest BCUT2D eigenvalue weighted by atomic mass is 16.1. The molecule has 2 heterocycles. The van der Waals surface area contributed by atoms with Gasteiger partial charge in [-0.2, -0.15) is 5.10 Å². The summed E-state index contributed by atoms with van der Waals surface area (Å²) in [5.41, 5.74) is 3.96. The Balaban J connectivity index is 1.62. The maximum Gasteiger partial charge on any atom is 0.251 e. The van der Waals surface area contributed by atoms with Gasteiger partial charge in [0.05, 0.1) is 22.4 Å². The van der Waals surface area contributed by atoms with Gasteiger partial charge in [-0.3, -0.25) is 9.48 Å². The van der Waals surface area contributed by atoms with Crippen LogP contribution in [0.1, 0.15) is 28.2 Å². The summed E-state index contributed by atoms with van der Waals surface area (Å²) in [6.07, 6.45) is 4.49. The summed E-state index contributed by atoms with van der Waals surface area (Å²) in [5, 5.41) is 7.05. The van der Waals surface area contributed by atoms with Crippen molar-refractivity contribution in [1.29, 1.82) is 0 Å². The zero-order chi connectivity index (χ0) is 16.2. The van der Waals surface area contributed by atoms with Crippen molar-refractivity contribution in [2.24, 2.45) is 0 Å². The van der Waals surface area contributed by atoms with Gasteiger partial charge in [0.2, 0.25) is 0 Å². The predicted molar refractivity (Wildman–Crippen MR) is 88.2 cm³/mol. The number of benzene rings is 1. The fourth-order valence-corrected chi connectivity index (χ4v) is 2.35. The fraction of sp³-hybridized carbons (Fsp3) is 0.294. The van der Waals surface area contributed by atoms with Crippen molar-refractivity contribution in [3.05, 3.63) is 53.6 Å². The van der Waals surface area contributed by atoms with Crippen LogP contribution in [0.3, 0.4) is 0 Å². The van der Waals surface area contributed by atoms with Gasteiger partial charge in [-0.15, -0.1) is 0 Å². The average Bonchev–Trinajstić information content (AvgIpc) is 3.05. The number of rotatable bonds is 5. The molecule has 1 aromatic carbocycles. The van der Waals surface area contributed by atoms with E-state index in [0.717, 1.165) is 35.4 Å². The molecule has 23 heavy (non-hydrogen) atoms. The maximum absolute atomic E-state index is 12.2. The lowest BCUT2D eigenvalue weighted by Gasteiger charge is -2.07. The van der Waals surface area contributed by atoms with E-state index in [0.29, 0.717) is 12.1 Å². The van der Waals surface area contributed by atoms with E-state index in [2.05, 4.69) is 20.4 Å². The third-order valence-corrected chi connectivity index (χ3v) is 3.75. The van der Waals surface area contributed by atoms with Crippen LogP contribution in [-0.4, -0.2) is 32.2 Å². The Bertz CT molecular complexity index is 826. The lowest BCUT2D eigenvalue weighted by atomic mass is 10.1. The number of hydrogen-bond acceptors (Lipinski definition) is 4. The number of fused-ring (bicyclic) bond motifs is 1. The molecule has 0 bridgehead atoms. The Hall–Kier alpha value is -2.76. The molecule has 0 fully saturated rings. The van der Waals surface area contributed by atoms with Crippen LogP contribution in [0.25, 0.3) is 11.0 Å². The van der Waals surface area contributed by atoms with Gasteiger partial charge < -0.3 is 5.32 Å². The van der Waals surface area contributed by atoms with Crippen molar-refractivity contribution in [2.45, 2.75) is 26.8 Å². The van der Waals surface area contributed by atoms with E-state index < -0.39 is 0 Å². The minimum Gasteiger partial charge on any atom is -0.352 e. The number of carbonyl (C=O) groups excluding carboxylic acids is 1. The van der Waals surface area contributed by atoms with Gasteiger partial charge in [0.15, 0.2) is 0 Å². The monoisotopic (exact) mass is 309 g/mol. The van der Waals surface area contributed by atoms with Crippen molar-refractivity contribution in [1.82, 2.24) is 25.1 Å². The van der Waals surface area contributed by atoms with Gasteiger partial charge in [-0.05, 0) is 44.5 Å². The molecule has 0 atom stereocenters. The molecule has 0 aliphatic heterocycles. The van der Waals surface area contributed by atoms with Crippen LogP contribution >= 0.6 is 0 Å². The van der Waals surface area contributed by atoms with Crippen LogP contribution in [0.2, 0.25) is 0 Å². The normalized spacial score (nSPS) is 10.9. The van der Waals surface area contributed by atoms with E-state index in [9.17, 15) is 4.79 Å². The van der Waals surface area contributed by atoms with Crippen LogP contribution < -0.4 is 5.32 Å². The average molecular weight is 309 g/mol. The molecule has 3 aromatic rings. The van der Waals surface area contributed by atoms with Gasteiger partial charge in [0, 0.05) is 31.0 Å². The van der Waals surface area contributed by atoms with E-state index in [1.165, 1.54) is 0 Å². The molecule has 0 aliphatic rings. The Kier molecular flexibility index (Phi) is 4.32. The van der Waals surface area contributed by atoms with Crippen molar-refractivity contribution >= 4 is 16.9 Å². The van der Waals surface area contributed by atoms with Crippen LogP contribution in [0.5, 0.6) is 0 Å². The molecular formula is C17H19N5O. The van der Waals surface area contributed by atoms with Crippen molar-refractivity contribution in [2.75, 3.05) is 6.54 Å². The van der Waals surface area contributed by atoms with Gasteiger partial charge in [0.25, 0.3) is 5.91 Å². The third-order valence-electron chi connectivity index (χ3n) is 3.75. The molecule has 1 amide bonds. The molecular weight excluding hydrogens is 290 g/mol. The molecule has 0 unspecified atom stereocenters. The number of nitrogens with one attached hydrogen (secondary N) is 1. The minimum atomic E-state index is -0.0904. The molecule has 2 aromatic heterocycles. The van der Waals surface area contributed by atoms with Crippen LogP contribution in [0.4, 0.5) is 0 Å². The van der Waals surface area contributed by atoms with Gasteiger partial charge >= 0.3 is 0 Å². The third kappa shape index (κ3) is 3.53. The summed E-state index contributed by atoms with van der Waals surface area (Å²) >= 11 is 0. The molecule has 3 rings (SSSR count). The van der Waals surface area contributed by atoms with E-state index in [4.69, 9.17) is 0 Å². The van der Waals surface area contributed by atoms with Gasteiger partial charge in [-0.1, -0.05) is 0 Å². The van der Waals surface area contributed by atoms with Crippen molar-refractivity contribution in [3.63, 3.8) is 0 Å². The Morgan fingerprint density at radius 3 is 2.70 bits per heavy atom. The highest BCUT2D eigenvalue weighted by molar-refractivity contribution is 5.97. The maximum atomic E-state index is 12.2. The summed E-state index contributed by atoms with van der Waals surface area (Å²) in [6, 6.07) is 7.30. The first-order chi connectivity index (χ1) is 11.1. The number of carbonyl (C=O) groups is 1. The molecule has 0 aliphatic carbocycles. The fourth-order valence-electron chi connectivity index (χ4n) is 2.35. The van der Waals surface area contributed by atoms with E-state index >= 15 is 0 Å². The topological polar surface area (TPSA) is 72.7 Å². The second-order valence-corrected chi connectivity index (χ2v) is 5.48. The van der Waals surface area contributed by atoms with Gasteiger partial charge in [0.1, 0.15) is 0 Å². The Morgan fingerprint density at radius 2 is 1.96 bits per heavy atom. The van der Waals surface area contributed by atoms with E-state index in [1.54, 1.807) is 18.3 Å². The summed E-state index contributed by atoms with van der Waals surface area (Å²) in [5.74, 6) is -0.0904. The van der Waals surface area contributed by atoms with Gasteiger partial charge in [-0.25, -0.2) is 9.97 Å². The number of amides is 1. The van der Waals surface area contributed by atoms with Crippen LogP contribution in [-0.2, 0) is 6.54 Å². The first-order valence-corrected chi connectivity index (χ1v) is 7.64. The van der Waals surface area contributed by atoms with Crippen LogP contribution in [0, 0.1) is 13.8 Å². The lowest BCUT2D eigenvalue weighted by Crippen LogP contribution is -2.25. The quantitative estimate of drug-likeness (QED) is 0.734.